The van der Waals surface area contributed by atoms with Crippen molar-refractivity contribution >= 4 is 59.3 Å². The van der Waals surface area contributed by atoms with Gasteiger partial charge in [-0.25, -0.2) is 0 Å². The van der Waals surface area contributed by atoms with E-state index >= 15 is 0 Å². The Balaban J connectivity index is 0. The predicted molar refractivity (Wildman–Crippen MR) is 25.6 cm³/mol. The molecule has 0 bridgehead atoms. The van der Waals surface area contributed by atoms with Crippen molar-refractivity contribution in [3.05, 3.63) is 0 Å². The van der Waals surface area contributed by atoms with Gasteiger partial charge in [0, 0.05) is 34.1 Å². The van der Waals surface area contributed by atoms with Crippen LogP contribution < -0.4 is 0 Å². The van der Waals surface area contributed by atoms with Crippen molar-refractivity contribution in [2.45, 2.75) is 0 Å². The van der Waals surface area contributed by atoms with Crippen molar-refractivity contribution in [1.82, 2.24) is 0 Å². The monoisotopic (exact) mass is 182 g/mol. The second kappa shape index (κ2) is 28.4. The summed E-state index contributed by atoms with van der Waals surface area (Å²) < 4.78 is 0. The molecule has 0 atom stereocenters. The Bertz CT molecular complexity index is 11.6. The van der Waals surface area contributed by atoms with E-state index in [0.29, 0.717) is 0 Å². The van der Waals surface area contributed by atoms with Gasteiger partial charge in [-0.15, -0.1) is 0 Å². The summed E-state index contributed by atoms with van der Waals surface area (Å²) in [5, 5.41) is 0. The van der Waals surface area contributed by atoms with Crippen molar-refractivity contribution in [3.63, 3.8) is 0 Å². The first-order valence-electron chi connectivity index (χ1n) is 0. The van der Waals surface area contributed by atoms with Gasteiger partial charge in [0.1, 0.15) is 0 Å². The minimum atomic E-state index is 0. The molecule has 2 radical (unpaired) electrons. The minimum absolute atomic E-state index is 0. The van der Waals surface area contributed by atoms with Gasteiger partial charge in [-0.3, -0.25) is 0 Å². The summed E-state index contributed by atoms with van der Waals surface area (Å²) in [4.78, 5) is 0. The summed E-state index contributed by atoms with van der Waals surface area (Å²) >= 11 is 0. The van der Waals surface area contributed by atoms with Crippen LogP contribution in [0.2, 0.25) is 0 Å². The molecule has 0 nitrogen and oxygen atoms in total. The normalized spacial score (nSPS) is 0. The average Bonchev–Trinajstić information content (AvgIpc) is 0. The Hall–Kier alpha value is 2.94. The fourth-order valence-electron chi connectivity index (χ4n) is 0. The topological polar surface area (TPSA) is 0 Å². The molecule has 0 spiro atoms. The van der Waals surface area contributed by atoms with Crippen molar-refractivity contribution in [2.24, 2.45) is 0 Å². The van der Waals surface area contributed by atoms with E-state index < -0.39 is 0 Å². The molecule has 0 aromatic rings. The van der Waals surface area contributed by atoms with Gasteiger partial charge in [-0.2, -0.15) is 0 Å². The Kier molecular flexibility index (Phi) is 251. The summed E-state index contributed by atoms with van der Waals surface area (Å²) in [5.74, 6) is 0. The van der Waals surface area contributed by atoms with Crippen molar-refractivity contribution in [1.29, 1.82) is 0 Å². The molecule has 0 aliphatic heterocycles. The van der Waals surface area contributed by atoms with Gasteiger partial charge in [-0.1, -0.05) is 0 Å². The quantitative estimate of drug-likeness (QED) is 0.357. The molecule has 0 rings (SSSR count). The van der Waals surface area contributed by atoms with E-state index in [1.807, 2.05) is 0 Å². The maximum absolute atomic E-state index is 0. The van der Waals surface area contributed by atoms with Crippen LogP contribution in [0.3, 0.4) is 0 Å². The maximum atomic E-state index is 0. The molecule has 30 valence electrons. The van der Waals surface area contributed by atoms with E-state index in [2.05, 4.69) is 0 Å². The molecule has 0 N–H and O–H groups in total. The third kappa shape index (κ3) is 19.6. The van der Waals surface area contributed by atoms with Crippen LogP contribution in [0, 0.1) is 0 Å². The Labute approximate surface area is 92.0 Å². The summed E-state index contributed by atoms with van der Waals surface area (Å²) in [7, 11) is 0. The summed E-state index contributed by atoms with van der Waals surface area (Å²) in [6.45, 7) is 0. The van der Waals surface area contributed by atoms with E-state index in [1.54, 1.807) is 0 Å². The first-order chi connectivity index (χ1) is 0. The summed E-state index contributed by atoms with van der Waals surface area (Å²) in [6, 6.07) is 0. The standard InChI is InChI=1S/Al.Cu.Li.Mg.Mn.6H. The van der Waals surface area contributed by atoms with Crippen LogP contribution in [0.25, 0.3) is 0 Å². The minimum Gasteiger partial charge on any atom is 0 e. The fourth-order valence-corrected chi connectivity index (χ4v) is 0. The molecule has 5 heavy (non-hydrogen) atoms. The van der Waals surface area contributed by atoms with E-state index in [9.17, 15) is 0 Å². The largest absolute Gasteiger partial charge is 0.316 e. The van der Waals surface area contributed by atoms with Gasteiger partial charge >= 0.3 is 41.9 Å². The molecule has 0 aromatic heterocycles. The maximum Gasteiger partial charge on any atom is 0.316 e. The van der Waals surface area contributed by atoms with Crippen LogP contribution in [-0.2, 0) is 34.1 Å². The van der Waals surface area contributed by atoms with Crippen molar-refractivity contribution in [3.8, 4) is 0 Å². The van der Waals surface area contributed by atoms with Gasteiger partial charge < -0.3 is 0 Å². The Morgan fingerprint density at radius 2 is 1.00 bits per heavy atom. The number of rotatable bonds is 0. The second-order valence-electron chi connectivity index (χ2n) is 0. The first-order valence-corrected chi connectivity index (χ1v) is 0. The molecule has 0 saturated carbocycles. The molecule has 0 aromatic carbocycles. The molecular weight excluding hydrogens is 177 g/mol. The molecule has 5 heteroatoms. The van der Waals surface area contributed by atoms with Crippen LogP contribution in [0.4, 0.5) is 0 Å². The van der Waals surface area contributed by atoms with E-state index in [4.69, 9.17) is 0 Å². The number of hydrogen-bond acceptors (Lipinski definition) is 0. The van der Waals surface area contributed by atoms with Crippen LogP contribution in [0.1, 0.15) is 0 Å². The average molecular weight is 183 g/mol. The first kappa shape index (κ1) is 44.3. The molecule has 0 heterocycles. The smallest absolute Gasteiger partial charge is 0 e. The summed E-state index contributed by atoms with van der Waals surface area (Å²) in [5.41, 5.74) is 0. The van der Waals surface area contributed by atoms with Crippen LogP contribution in [0.15, 0.2) is 0 Å². The predicted octanol–water partition coefficient (Wildman–Crippen LogP) is -2.75. The van der Waals surface area contributed by atoms with E-state index in [-0.39, 0.29) is 93.4 Å². The zero-order valence-electron chi connectivity index (χ0n) is 0.679. The Morgan fingerprint density at radius 1 is 1.00 bits per heavy atom. The molecule has 0 amide bonds. The zero-order chi connectivity index (χ0) is 0. The molecule has 0 aliphatic rings. The second-order valence-corrected chi connectivity index (χ2v) is 0. The van der Waals surface area contributed by atoms with Gasteiger partial charge in [0.05, 0.1) is 0 Å². The molecule has 0 saturated heterocycles. The van der Waals surface area contributed by atoms with Crippen LogP contribution in [0.5, 0.6) is 0 Å². The van der Waals surface area contributed by atoms with Crippen molar-refractivity contribution < 1.29 is 34.1 Å². The van der Waals surface area contributed by atoms with Crippen LogP contribution in [-0.4, -0.2) is 59.3 Å². The Morgan fingerprint density at radius 3 is 1.00 bits per heavy atom. The molecule has 0 fully saturated rings. The van der Waals surface area contributed by atoms with Gasteiger partial charge in [0.25, 0.3) is 0 Å². The van der Waals surface area contributed by atoms with E-state index in [0.717, 1.165) is 0 Å². The molecular formula is H6AlCuLiMgMn. The third-order valence-corrected chi connectivity index (χ3v) is 0. The summed E-state index contributed by atoms with van der Waals surface area (Å²) in [6.07, 6.45) is 0. The zero-order valence-corrected chi connectivity index (χ0v) is 2.80. The fraction of sp³-hybridized carbons (Fsp3) is 0. The molecule has 0 unspecified atom stereocenters. The van der Waals surface area contributed by atoms with Crippen LogP contribution >= 0.6 is 0 Å². The van der Waals surface area contributed by atoms with Gasteiger partial charge in [0.2, 0.25) is 0 Å². The SMILES string of the molecule is [AlH3].[Cu].[LiH].[MgH2].[Mn]. The van der Waals surface area contributed by atoms with Gasteiger partial charge in [0.15, 0.2) is 17.4 Å². The third-order valence-electron chi connectivity index (χ3n) is 0. The number of hydrogen-bond donors (Lipinski definition) is 0. The van der Waals surface area contributed by atoms with E-state index in [1.165, 1.54) is 0 Å². The van der Waals surface area contributed by atoms with Gasteiger partial charge in [-0.05, 0) is 0 Å². The van der Waals surface area contributed by atoms with Crippen molar-refractivity contribution in [2.75, 3.05) is 0 Å². The molecule has 0 aliphatic carbocycles.